The van der Waals surface area contributed by atoms with Gasteiger partial charge in [0.15, 0.2) is 0 Å². The van der Waals surface area contributed by atoms with Crippen LogP contribution in [0.5, 0.6) is 5.88 Å². The number of rotatable bonds is 7. The zero-order valence-corrected chi connectivity index (χ0v) is 10.2. The van der Waals surface area contributed by atoms with Crippen LogP contribution in [-0.2, 0) is 0 Å². The summed E-state index contributed by atoms with van der Waals surface area (Å²) in [4.78, 5) is 10.5. The minimum atomic E-state index is 0.607. The van der Waals surface area contributed by atoms with Crippen LogP contribution in [0, 0.1) is 0 Å². The van der Waals surface area contributed by atoms with E-state index in [9.17, 15) is 0 Å². The van der Waals surface area contributed by atoms with Crippen molar-refractivity contribution in [2.24, 2.45) is 0 Å². The third-order valence-electron chi connectivity index (χ3n) is 2.29. The van der Waals surface area contributed by atoms with E-state index >= 15 is 0 Å². The molecule has 5 heteroatoms. The van der Waals surface area contributed by atoms with Gasteiger partial charge in [-0.1, -0.05) is 6.92 Å². The molecular weight excluding hydrogens is 204 g/mol. The molecular formula is C11H20N4O. The highest BCUT2D eigenvalue weighted by Crippen LogP contribution is 2.15. The maximum Gasteiger partial charge on any atom is 0.218 e. The molecule has 0 bridgehead atoms. The smallest absolute Gasteiger partial charge is 0.218 e. The number of anilines is 1. The van der Waals surface area contributed by atoms with E-state index in [1.54, 1.807) is 7.11 Å². The van der Waals surface area contributed by atoms with Crippen LogP contribution >= 0.6 is 0 Å². The van der Waals surface area contributed by atoms with Crippen molar-refractivity contribution in [2.75, 3.05) is 38.7 Å². The highest BCUT2D eigenvalue weighted by atomic mass is 16.5. The molecule has 0 spiro atoms. The first kappa shape index (κ1) is 12.7. The molecule has 0 aliphatic heterocycles. The van der Waals surface area contributed by atoms with Gasteiger partial charge in [0.05, 0.1) is 7.11 Å². The van der Waals surface area contributed by atoms with Crippen molar-refractivity contribution in [2.45, 2.75) is 13.3 Å². The van der Waals surface area contributed by atoms with Crippen molar-refractivity contribution in [3.05, 3.63) is 12.4 Å². The van der Waals surface area contributed by atoms with Crippen molar-refractivity contribution < 1.29 is 4.74 Å². The highest BCUT2D eigenvalue weighted by Gasteiger charge is 2.07. The van der Waals surface area contributed by atoms with E-state index in [1.165, 1.54) is 6.33 Å². The Morgan fingerprint density at radius 1 is 1.38 bits per heavy atom. The van der Waals surface area contributed by atoms with E-state index in [4.69, 9.17) is 4.74 Å². The van der Waals surface area contributed by atoms with E-state index in [2.05, 4.69) is 27.1 Å². The Kier molecular flexibility index (Phi) is 5.56. The van der Waals surface area contributed by atoms with Crippen LogP contribution in [-0.4, -0.2) is 43.8 Å². The first-order valence-corrected chi connectivity index (χ1v) is 5.57. The molecule has 16 heavy (non-hydrogen) atoms. The zero-order valence-electron chi connectivity index (χ0n) is 10.2. The largest absolute Gasteiger partial charge is 0.481 e. The van der Waals surface area contributed by atoms with Crippen LogP contribution in [0.25, 0.3) is 0 Å². The molecule has 0 radical (unpaired) electrons. The fraction of sp³-hybridized carbons (Fsp3) is 0.636. The van der Waals surface area contributed by atoms with Gasteiger partial charge in [0.1, 0.15) is 12.1 Å². The number of nitrogens with zero attached hydrogens (tertiary/aromatic N) is 3. The SMILES string of the molecule is CCCN(CCNC)c1cc(OC)ncn1. The van der Waals surface area contributed by atoms with Gasteiger partial charge in [-0.3, -0.25) is 0 Å². The van der Waals surface area contributed by atoms with Crippen molar-refractivity contribution in [1.82, 2.24) is 15.3 Å². The Morgan fingerprint density at radius 3 is 2.81 bits per heavy atom. The predicted molar refractivity (Wildman–Crippen MR) is 65.0 cm³/mol. The van der Waals surface area contributed by atoms with E-state index in [1.807, 2.05) is 13.1 Å². The second-order valence-corrected chi connectivity index (χ2v) is 3.51. The summed E-state index contributed by atoms with van der Waals surface area (Å²) in [6.07, 6.45) is 2.63. The molecule has 5 nitrogen and oxygen atoms in total. The average molecular weight is 224 g/mol. The lowest BCUT2D eigenvalue weighted by Crippen LogP contribution is -2.32. The molecule has 0 saturated heterocycles. The second kappa shape index (κ2) is 7.00. The molecule has 0 saturated carbocycles. The van der Waals surface area contributed by atoms with E-state index in [0.29, 0.717) is 5.88 Å². The lowest BCUT2D eigenvalue weighted by atomic mass is 10.3. The molecule has 90 valence electrons. The molecule has 0 aliphatic rings. The lowest BCUT2D eigenvalue weighted by Gasteiger charge is -2.22. The Hall–Kier alpha value is -1.36. The van der Waals surface area contributed by atoms with Gasteiger partial charge >= 0.3 is 0 Å². The summed E-state index contributed by atoms with van der Waals surface area (Å²) in [5, 5.41) is 3.14. The number of hydrogen-bond acceptors (Lipinski definition) is 5. The lowest BCUT2D eigenvalue weighted by molar-refractivity contribution is 0.396. The normalized spacial score (nSPS) is 10.2. The molecule has 1 rings (SSSR count). The summed E-state index contributed by atoms with van der Waals surface area (Å²) in [6.45, 7) is 5.02. The molecule has 1 N–H and O–H groups in total. The van der Waals surface area contributed by atoms with Crippen molar-refractivity contribution in [3.63, 3.8) is 0 Å². The van der Waals surface area contributed by atoms with Gasteiger partial charge in [0.2, 0.25) is 5.88 Å². The Bertz CT molecular complexity index is 306. The standard InChI is InChI=1S/C11H20N4O/c1-4-6-15(7-5-12-2)10-8-11(16-3)14-9-13-10/h8-9,12H,4-7H2,1-3H3. The van der Waals surface area contributed by atoms with Crippen molar-refractivity contribution >= 4 is 5.82 Å². The summed E-state index contributed by atoms with van der Waals surface area (Å²) in [5.41, 5.74) is 0. The van der Waals surface area contributed by atoms with Gasteiger partial charge in [-0.25, -0.2) is 9.97 Å². The average Bonchev–Trinajstić information content (AvgIpc) is 2.34. The fourth-order valence-electron chi connectivity index (χ4n) is 1.47. The first-order valence-electron chi connectivity index (χ1n) is 5.57. The van der Waals surface area contributed by atoms with E-state index in [0.717, 1.165) is 31.9 Å². The summed E-state index contributed by atoms with van der Waals surface area (Å²) in [6, 6.07) is 1.87. The van der Waals surface area contributed by atoms with Gasteiger partial charge in [-0.05, 0) is 13.5 Å². The number of ether oxygens (including phenoxy) is 1. The summed E-state index contributed by atoms with van der Waals surface area (Å²) < 4.78 is 5.09. The van der Waals surface area contributed by atoms with Gasteiger partial charge in [0.25, 0.3) is 0 Å². The highest BCUT2D eigenvalue weighted by molar-refractivity contribution is 5.40. The maximum absolute atomic E-state index is 5.09. The van der Waals surface area contributed by atoms with Crippen molar-refractivity contribution in [3.8, 4) is 5.88 Å². The van der Waals surface area contributed by atoms with Crippen LogP contribution in [0.1, 0.15) is 13.3 Å². The molecule has 1 aromatic rings. The molecule has 0 unspecified atom stereocenters. The van der Waals surface area contributed by atoms with Crippen LogP contribution in [0.3, 0.4) is 0 Å². The maximum atomic E-state index is 5.09. The van der Waals surface area contributed by atoms with Gasteiger partial charge in [-0.2, -0.15) is 0 Å². The van der Waals surface area contributed by atoms with Gasteiger partial charge in [-0.15, -0.1) is 0 Å². The first-order chi connectivity index (χ1) is 7.81. The Labute approximate surface area is 96.8 Å². The molecule has 1 heterocycles. The number of nitrogens with one attached hydrogen (secondary N) is 1. The summed E-state index contributed by atoms with van der Waals surface area (Å²) in [5.74, 6) is 1.53. The summed E-state index contributed by atoms with van der Waals surface area (Å²) in [7, 11) is 3.56. The fourth-order valence-corrected chi connectivity index (χ4v) is 1.47. The van der Waals surface area contributed by atoms with Crippen LogP contribution in [0.2, 0.25) is 0 Å². The molecule has 0 aromatic carbocycles. The minimum Gasteiger partial charge on any atom is -0.481 e. The van der Waals surface area contributed by atoms with Crippen LogP contribution in [0.15, 0.2) is 12.4 Å². The van der Waals surface area contributed by atoms with E-state index in [-0.39, 0.29) is 0 Å². The number of likely N-dealkylation sites (N-methyl/N-ethyl adjacent to an activating group) is 1. The topological polar surface area (TPSA) is 50.3 Å². The van der Waals surface area contributed by atoms with Crippen molar-refractivity contribution in [1.29, 1.82) is 0 Å². The monoisotopic (exact) mass is 224 g/mol. The molecule has 0 atom stereocenters. The molecule has 1 aromatic heterocycles. The minimum absolute atomic E-state index is 0.607. The molecule has 0 amide bonds. The molecule has 0 fully saturated rings. The van der Waals surface area contributed by atoms with Gasteiger partial charge < -0.3 is 15.0 Å². The Morgan fingerprint density at radius 2 is 2.19 bits per heavy atom. The summed E-state index contributed by atoms with van der Waals surface area (Å²) >= 11 is 0. The zero-order chi connectivity index (χ0) is 11.8. The number of hydrogen-bond donors (Lipinski definition) is 1. The van der Waals surface area contributed by atoms with Gasteiger partial charge in [0, 0.05) is 25.7 Å². The van der Waals surface area contributed by atoms with Crippen LogP contribution in [0.4, 0.5) is 5.82 Å². The van der Waals surface area contributed by atoms with E-state index < -0.39 is 0 Å². The quantitative estimate of drug-likeness (QED) is 0.746. The Balaban J connectivity index is 2.73. The third kappa shape index (κ3) is 3.66. The number of aromatic nitrogens is 2. The third-order valence-corrected chi connectivity index (χ3v) is 2.29. The predicted octanol–water partition coefficient (Wildman–Crippen LogP) is 0.921. The molecule has 0 aliphatic carbocycles. The second-order valence-electron chi connectivity index (χ2n) is 3.51. The number of methoxy groups -OCH3 is 1. The van der Waals surface area contributed by atoms with Crippen LogP contribution < -0.4 is 15.0 Å².